The molecule has 3 rings (SSSR count). The molecule has 0 aromatic carbocycles. The molecule has 0 bridgehead atoms. The number of nitrogens with zero attached hydrogens (tertiary/aromatic N) is 3. The van der Waals surface area contributed by atoms with Gasteiger partial charge in [-0.25, -0.2) is 9.97 Å². The minimum absolute atomic E-state index is 0.291. The van der Waals surface area contributed by atoms with Crippen LogP contribution in [-0.2, 0) is 6.18 Å². The van der Waals surface area contributed by atoms with Gasteiger partial charge in [0.15, 0.2) is 11.5 Å². The van der Waals surface area contributed by atoms with Crippen LogP contribution in [-0.4, -0.2) is 37.1 Å². The number of aryl methyl sites for hydroxylation is 1. The van der Waals surface area contributed by atoms with Crippen molar-refractivity contribution in [2.24, 2.45) is 0 Å². The van der Waals surface area contributed by atoms with Gasteiger partial charge >= 0.3 is 6.18 Å². The second-order valence-electron chi connectivity index (χ2n) is 6.14. The van der Waals surface area contributed by atoms with Crippen molar-refractivity contribution in [3.8, 4) is 0 Å². The molecule has 0 aliphatic heterocycles. The average Bonchev–Trinajstić information content (AvgIpc) is 3.22. The van der Waals surface area contributed by atoms with E-state index >= 15 is 0 Å². The number of amides is 1. The van der Waals surface area contributed by atoms with Gasteiger partial charge in [-0.2, -0.15) is 18.3 Å². The first-order valence-corrected chi connectivity index (χ1v) is 8.14. The first-order valence-electron chi connectivity index (χ1n) is 8.14. The van der Waals surface area contributed by atoms with E-state index in [1.54, 1.807) is 13.1 Å². The molecule has 1 amide bonds. The lowest BCUT2D eigenvalue weighted by Crippen LogP contribution is -2.32. The Morgan fingerprint density at radius 1 is 1.33 bits per heavy atom. The quantitative estimate of drug-likeness (QED) is 0.635. The van der Waals surface area contributed by atoms with Crippen molar-refractivity contribution < 1.29 is 18.0 Å². The number of aromatic amines is 2. The van der Waals surface area contributed by atoms with Crippen LogP contribution in [0.15, 0.2) is 24.5 Å². The zero-order valence-electron chi connectivity index (χ0n) is 14.6. The van der Waals surface area contributed by atoms with E-state index in [2.05, 4.69) is 25.5 Å². The fraction of sp³-hybridized carbons (Fsp3) is 0.294. The minimum Gasteiger partial charge on any atom is -0.347 e. The van der Waals surface area contributed by atoms with Crippen molar-refractivity contribution in [1.29, 1.82) is 0 Å². The van der Waals surface area contributed by atoms with Crippen LogP contribution >= 0.6 is 0 Å². The fourth-order valence-corrected chi connectivity index (χ4v) is 2.47. The van der Waals surface area contributed by atoms with Crippen molar-refractivity contribution in [2.75, 3.05) is 0 Å². The monoisotopic (exact) mass is 378 g/mol. The van der Waals surface area contributed by atoms with Crippen molar-refractivity contribution in [3.63, 3.8) is 0 Å². The second kappa shape index (κ2) is 7.22. The molecular weight excluding hydrogens is 361 g/mol. The van der Waals surface area contributed by atoms with E-state index in [-0.39, 0.29) is 11.9 Å². The van der Waals surface area contributed by atoms with Gasteiger partial charge in [0.2, 0.25) is 0 Å². The van der Waals surface area contributed by atoms with E-state index in [0.29, 0.717) is 18.3 Å². The number of halogens is 3. The number of rotatable bonds is 5. The van der Waals surface area contributed by atoms with Gasteiger partial charge in [-0.3, -0.25) is 9.89 Å². The van der Waals surface area contributed by atoms with Crippen LogP contribution in [0.2, 0.25) is 0 Å². The number of pyridine rings is 1. The zero-order valence-corrected chi connectivity index (χ0v) is 14.6. The molecule has 3 heterocycles. The van der Waals surface area contributed by atoms with Crippen LogP contribution in [0.4, 0.5) is 13.2 Å². The SMILES string of the molecule is Cc1[nH]nc2ncc(/C=C/C[C@H](C)NC(=O)c3ncc(C(F)(F)F)[nH]3)cc12. The third kappa shape index (κ3) is 4.33. The van der Waals surface area contributed by atoms with Gasteiger partial charge in [-0.05, 0) is 31.9 Å². The first kappa shape index (κ1) is 18.6. The predicted octanol–water partition coefficient (Wildman–Crippen LogP) is 3.23. The Kier molecular flexibility index (Phi) is 4.98. The molecule has 0 saturated heterocycles. The van der Waals surface area contributed by atoms with Crippen LogP contribution in [0.3, 0.4) is 0 Å². The summed E-state index contributed by atoms with van der Waals surface area (Å²) in [6.45, 7) is 3.65. The maximum absolute atomic E-state index is 12.5. The molecule has 3 N–H and O–H groups in total. The molecule has 10 heteroatoms. The largest absolute Gasteiger partial charge is 0.432 e. The van der Waals surface area contributed by atoms with Gasteiger partial charge in [-0.1, -0.05) is 12.2 Å². The maximum Gasteiger partial charge on any atom is 0.432 e. The maximum atomic E-state index is 12.5. The summed E-state index contributed by atoms with van der Waals surface area (Å²) < 4.78 is 37.6. The summed E-state index contributed by atoms with van der Waals surface area (Å²) in [5.41, 5.74) is 1.39. The van der Waals surface area contributed by atoms with Crippen molar-refractivity contribution in [2.45, 2.75) is 32.5 Å². The summed E-state index contributed by atoms with van der Waals surface area (Å²) in [6, 6.07) is 1.66. The second-order valence-corrected chi connectivity index (χ2v) is 6.14. The summed E-state index contributed by atoms with van der Waals surface area (Å²) in [6.07, 6.45) is 1.91. The van der Waals surface area contributed by atoms with Crippen molar-refractivity contribution in [3.05, 3.63) is 47.3 Å². The number of H-pyrrole nitrogens is 2. The molecule has 27 heavy (non-hydrogen) atoms. The highest BCUT2D eigenvalue weighted by Gasteiger charge is 2.33. The number of alkyl halides is 3. The molecule has 0 aliphatic rings. The number of fused-ring (bicyclic) bond motifs is 1. The minimum atomic E-state index is -4.57. The van der Waals surface area contributed by atoms with Gasteiger partial charge < -0.3 is 10.3 Å². The summed E-state index contributed by atoms with van der Waals surface area (Å²) in [4.78, 5) is 21.7. The lowest BCUT2D eigenvalue weighted by molar-refractivity contribution is -0.140. The summed E-state index contributed by atoms with van der Waals surface area (Å²) >= 11 is 0. The van der Waals surface area contributed by atoms with E-state index in [0.717, 1.165) is 16.6 Å². The van der Waals surface area contributed by atoms with E-state index < -0.39 is 17.8 Å². The Morgan fingerprint density at radius 2 is 2.11 bits per heavy atom. The zero-order chi connectivity index (χ0) is 19.6. The van der Waals surface area contributed by atoms with Crippen LogP contribution in [0, 0.1) is 6.92 Å². The molecule has 0 unspecified atom stereocenters. The lowest BCUT2D eigenvalue weighted by atomic mass is 10.1. The Hall–Kier alpha value is -3.17. The highest BCUT2D eigenvalue weighted by Crippen LogP contribution is 2.27. The van der Waals surface area contributed by atoms with Gasteiger partial charge in [0, 0.05) is 23.3 Å². The van der Waals surface area contributed by atoms with Gasteiger partial charge in [0.05, 0.1) is 6.20 Å². The van der Waals surface area contributed by atoms with Crippen LogP contribution < -0.4 is 5.32 Å². The third-order valence-corrected chi connectivity index (χ3v) is 3.90. The molecule has 3 aromatic rings. The van der Waals surface area contributed by atoms with E-state index in [1.165, 1.54) is 0 Å². The topological polar surface area (TPSA) is 99.3 Å². The van der Waals surface area contributed by atoms with Crippen molar-refractivity contribution in [1.82, 2.24) is 30.5 Å². The molecule has 0 aliphatic carbocycles. The van der Waals surface area contributed by atoms with Crippen molar-refractivity contribution >= 4 is 23.0 Å². The first-order chi connectivity index (χ1) is 12.7. The summed E-state index contributed by atoms with van der Waals surface area (Å²) in [5.74, 6) is -1.06. The number of aromatic nitrogens is 5. The van der Waals surface area contributed by atoms with Gasteiger partial charge in [0.25, 0.3) is 5.91 Å². The average molecular weight is 378 g/mol. The summed E-state index contributed by atoms with van der Waals surface area (Å²) in [5, 5.41) is 10.4. The van der Waals surface area contributed by atoms with Crippen LogP contribution in [0.1, 0.15) is 40.9 Å². The number of imidazole rings is 1. The Bertz CT molecular complexity index is 988. The molecule has 0 saturated carbocycles. The molecule has 7 nitrogen and oxygen atoms in total. The van der Waals surface area contributed by atoms with E-state index in [1.807, 2.05) is 30.1 Å². The third-order valence-electron chi connectivity index (χ3n) is 3.90. The Balaban J connectivity index is 1.57. The number of carbonyl (C=O) groups excluding carboxylic acids is 1. The normalized spacial score (nSPS) is 13.4. The Morgan fingerprint density at radius 3 is 2.81 bits per heavy atom. The lowest BCUT2D eigenvalue weighted by Gasteiger charge is -2.10. The smallest absolute Gasteiger partial charge is 0.347 e. The van der Waals surface area contributed by atoms with Crippen LogP contribution in [0.5, 0.6) is 0 Å². The fourth-order valence-electron chi connectivity index (χ4n) is 2.47. The Labute approximate surface area is 152 Å². The van der Waals surface area contributed by atoms with E-state index in [4.69, 9.17) is 0 Å². The van der Waals surface area contributed by atoms with Gasteiger partial charge in [-0.15, -0.1) is 0 Å². The molecule has 0 radical (unpaired) electrons. The molecule has 142 valence electrons. The number of hydrogen-bond acceptors (Lipinski definition) is 4. The molecule has 0 spiro atoms. The highest BCUT2D eigenvalue weighted by molar-refractivity contribution is 5.90. The molecule has 0 fully saturated rings. The molecule has 3 aromatic heterocycles. The predicted molar refractivity (Wildman–Crippen MR) is 92.8 cm³/mol. The molecular formula is C17H17F3N6O. The van der Waals surface area contributed by atoms with E-state index in [9.17, 15) is 18.0 Å². The standard InChI is InChI=1S/C17H17F3N6O/c1-9(23-16(27)15-22-8-13(24-15)17(18,19)20)4-3-5-11-6-12-10(2)25-26-14(12)21-7-11/h3,5-9H,4H2,1-2H3,(H,22,24)(H,23,27)(H,21,25,26)/b5-3+/t9-/m0/s1. The highest BCUT2D eigenvalue weighted by atomic mass is 19.4. The van der Waals surface area contributed by atoms with Crippen LogP contribution in [0.25, 0.3) is 17.1 Å². The molecule has 1 atom stereocenters. The number of nitrogens with one attached hydrogen (secondary N) is 3. The summed E-state index contributed by atoms with van der Waals surface area (Å²) in [7, 11) is 0. The number of carbonyl (C=O) groups is 1. The van der Waals surface area contributed by atoms with Gasteiger partial charge in [0.1, 0.15) is 5.69 Å². The number of hydrogen-bond donors (Lipinski definition) is 3.